The van der Waals surface area contributed by atoms with E-state index in [9.17, 15) is 0 Å². The fourth-order valence-corrected chi connectivity index (χ4v) is 2.34. The van der Waals surface area contributed by atoms with Gasteiger partial charge in [0.1, 0.15) is 0 Å². The molecule has 0 heterocycles. The second-order valence-corrected chi connectivity index (χ2v) is 4.60. The number of nitrogens with zero attached hydrogens (tertiary/aromatic N) is 1. The highest BCUT2D eigenvalue weighted by Crippen LogP contribution is 2.40. The van der Waals surface area contributed by atoms with Crippen LogP contribution < -0.4 is 5.73 Å². The van der Waals surface area contributed by atoms with Crippen molar-refractivity contribution in [1.82, 2.24) is 0 Å². The SMILES string of the molecule is Cc1cc(C)c(C2(N)CCC2)cc1C#N. The van der Waals surface area contributed by atoms with E-state index < -0.39 is 0 Å². The fraction of sp³-hybridized carbons (Fsp3) is 0.462. The van der Waals surface area contributed by atoms with E-state index in [0.717, 1.165) is 29.5 Å². The quantitative estimate of drug-likeness (QED) is 0.757. The molecule has 2 N–H and O–H groups in total. The minimum atomic E-state index is -0.163. The smallest absolute Gasteiger partial charge is 0.0994 e. The Morgan fingerprint density at radius 3 is 2.40 bits per heavy atom. The lowest BCUT2D eigenvalue weighted by molar-refractivity contribution is 0.252. The fourth-order valence-electron chi connectivity index (χ4n) is 2.34. The molecule has 0 amide bonds. The highest BCUT2D eigenvalue weighted by molar-refractivity contribution is 5.46. The summed E-state index contributed by atoms with van der Waals surface area (Å²) in [6, 6.07) is 6.27. The molecular formula is C13H16N2. The van der Waals surface area contributed by atoms with E-state index in [1.165, 1.54) is 12.0 Å². The summed E-state index contributed by atoms with van der Waals surface area (Å²) in [5.41, 5.74) is 10.3. The molecule has 0 aliphatic heterocycles. The van der Waals surface area contributed by atoms with Crippen LogP contribution in [0, 0.1) is 25.2 Å². The first-order valence-corrected chi connectivity index (χ1v) is 5.37. The molecular weight excluding hydrogens is 184 g/mol. The summed E-state index contributed by atoms with van der Waals surface area (Å²) in [6.07, 6.45) is 3.29. The van der Waals surface area contributed by atoms with Gasteiger partial charge in [-0.05, 0) is 55.9 Å². The van der Waals surface area contributed by atoms with Gasteiger partial charge in [0, 0.05) is 5.54 Å². The van der Waals surface area contributed by atoms with E-state index in [0.29, 0.717) is 0 Å². The van der Waals surface area contributed by atoms with Crippen molar-refractivity contribution >= 4 is 0 Å². The number of rotatable bonds is 1. The topological polar surface area (TPSA) is 49.8 Å². The summed E-state index contributed by atoms with van der Waals surface area (Å²) >= 11 is 0. The average molecular weight is 200 g/mol. The first-order valence-electron chi connectivity index (χ1n) is 5.37. The summed E-state index contributed by atoms with van der Waals surface area (Å²) in [4.78, 5) is 0. The average Bonchev–Trinajstić information content (AvgIpc) is 2.15. The zero-order valence-electron chi connectivity index (χ0n) is 9.30. The molecule has 1 aliphatic carbocycles. The predicted octanol–water partition coefficient (Wildman–Crippen LogP) is 2.51. The van der Waals surface area contributed by atoms with Crippen molar-refractivity contribution in [2.24, 2.45) is 5.73 Å². The number of nitriles is 1. The van der Waals surface area contributed by atoms with Crippen LogP contribution >= 0.6 is 0 Å². The van der Waals surface area contributed by atoms with E-state index in [-0.39, 0.29) is 5.54 Å². The maximum absolute atomic E-state index is 9.00. The Morgan fingerprint density at radius 2 is 1.93 bits per heavy atom. The highest BCUT2D eigenvalue weighted by Gasteiger charge is 2.35. The summed E-state index contributed by atoms with van der Waals surface area (Å²) in [5, 5.41) is 9.00. The van der Waals surface area contributed by atoms with Crippen molar-refractivity contribution < 1.29 is 0 Å². The molecule has 2 heteroatoms. The van der Waals surface area contributed by atoms with Crippen LogP contribution in [0.5, 0.6) is 0 Å². The number of nitrogens with two attached hydrogens (primary N) is 1. The Bertz CT molecular complexity index is 437. The minimum absolute atomic E-state index is 0.163. The molecule has 0 spiro atoms. The van der Waals surface area contributed by atoms with Crippen LogP contribution in [0.2, 0.25) is 0 Å². The van der Waals surface area contributed by atoms with Crippen LogP contribution in [-0.4, -0.2) is 0 Å². The van der Waals surface area contributed by atoms with Gasteiger partial charge < -0.3 is 5.73 Å². The Kier molecular flexibility index (Phi) is 2.28. The molecule has 0 aromatic heterocycles. The van der Waals surface area contributed by atoms with Gasteiger partial charge >= 0.3 is 0 Å². The summed E-state index contributed by atoms with van der Waals surface area (Å²) in [5.74, 6) is 0. The number of benzene rings is 1. The Labute approximate surface area is 90.7 Å². The zero-order valence-corrected chi connectivity index (χ0v) is 9.30. The van der Waals surface area contributed by atoms with Crippen molar-refractivity contribution in [3.05, 3.63) is 34.4 Å². The number of hydrogen-bond donors (Lipinski definition) is 1. The van der Waals surface area contributed by atoms with Gasteiger partial charge in [-0.1, -0.05) is 6.07 Å². The highest BCUT2D eigenvalue weighted by atomic mass is 14.8. The van der Waals surface area contributed by atoms with Crippen LogP contribution in [0.1, 0.15) is 41.5 Å². The van der Waals surface area contributed by atoms with Crippen molar-refractivity contribution in [3.8, 4) is 6.07 Å². The van der Waals surface area contributed by atoms with Crippen LogP contribution in [0.25, 0.3) is 0 Å². The van der Waals surface area contributed by atoms with E-state index in [1.807, 2.05) is 13.0 Å². The van der Waals surface area contributed by atoms with Gasteiger partial charge in [-0.25, -0.2) is 0 Å². The van der Waals surface area contributed by atoms with E-state index in [1.54, 1.807) is 0 Å². The van der Waals surface area contributed by atoms with Crippen molar-refractivity contribution in [2.45, 2.75) is 38.6 Å². The van der Waals surface area contributed by atoms with Crippen molar-refractivity contribution in [3.63, 3.8) is 0 Å². The lowest BCUT2D eigenvalue weighted by Crippen LogP contribution is -2.43. The number of hydrogen-bond acceptors (Lipinski definition) is 2. The Morgan fingerprint density at radius 1 is 1.27 bits per heavy atom. The molecule has 0 radical (unpaired) electrons. The van der Waals surface area contributed by atoms with Crippen LogP contribution in [-0.2, 0) is 5.54 Å². The van der Waals surface area contributed by atoms with Gasteiger partial charge in [-0.15, -0.1) is 0 Å². The third-order valence-corrected chi connectivity index (χ3v) is 3.47. The molecule has 78 valence electrons. The van der Waals surface area contributed by atoms with Gasteiger partial charge in [-0.3, -0.25) is 0 Å². The van der Waals surface area contributed by atoms with Crippen molar-refractivity contribution in [2.75, 3.05) is 0 Å². The standard InChI is InChI=1S/C13H16N2/c1-9-6-10(2)12(7-11(9)8-14)13(15)4-3-5-13/h6-7H,3-5,15H2,1-2H3. The molecule has 1 aliphatic rings. The van der Waals surface area contributed by atoms with Gasteiger partial charge in [0.05, 0.1) is 11.6 Å². The van der Waals surface area contributed by atoms with E-state index in [4.69, 9.17) is 11.0 Å². The van der Waals surface area contributed by atoms with Gasteiger partial charge in [-0.2, -0.15) is 5.26 Å². The maximum Gasteiger partial charge on any atom is 0.0994 e. The third kappa shape index (κ3) is 1.53. The minimum Gasteiger partial charge on any atom is -0.321 e. The van der Waals surface area contributed by atoms with Crippen LogP contribution in [0.4, 0.5) is 0 Å². The first-order chi connectivity index (χ1) is 7.07. The van der Waals surface area contributed by atoms with Crippen molar-refractivity contribution in [1.29, 1.82) is 5.26 Å². The number of aryl methyl sites for hydroxylation is 2. The molecule has 0 unspecified atom stereocenters. The molecule has 0 saturated heterocycles. The molecule has 0 bridgehead atoms. The largest absolute Gasteiger partial charge is 0.321 e. The first kappa shape index (κ1) is 10.2. The molecule has 0 atom stereocenters. The summed E-state index contributed by atoms with van der Waals surface area (Å²) in [7, 11) is 0. The molecule has 1 aromatic carbocycles. The monoisotopic (exact) mass is 200 g/mol. The van der Waals surface area contributed by atoms with Gasteiger partial charge in [0.15, 0.2) is 0 Å². The lowest BCUT2D eigenvalue weighted by Gasteiger charge is -2.39. The molecule has 2 rings (SSSR count). The summed E-state index contributed by atoms with van der Waals surface area (Å²) < 4.78 is 0. The van der Waals surface area contributed by atoms with Gasteiger partial charge in [0.25, 0.3) is 0 Å². The third-order valence-electron chi connectivity index (χ3n) is 3.47. The zero-order chi connectivity index (χ0) is 11.1. The van der Waals surface area contributed by atoms with E-state index >= 15 is 0 Å². The second kappa shape index (κ2) is 3.36. The Balaban J connectivity index is 2.53. The second-order valence-electron chi connectivity index (χ2n) is 4.60. The molecule has 1 aromatic rings. The molecule has 1 fully saturated rings. The van der Waals surface area contributed by atoms with Gasteiger partial charge in [0.2, 0.25) is 0 Å². The Hall–Kier alpha value is -1.33. The molecule has 1 saturated carbocycles. The molecule has 2 nitrogen and oxygen atoms in total. The predicted molar refractivity (Wildman–Crippen MR) is 60.3 cm³/mol. The van der Waals surface area contributed by atoms with Crippen LogP contribution in [0.3, 0.4) is 0 Å². The lowest BCUT2D eigenvalue weighted by atomic mass is 9.71. The van der Waals surface area contributed by atoms with E-state index in [2.05, 4.69) is 19.1 Å². The normalized spacial score (nSPS) is 18.0. The summed E-state index contributed by atoms with van der Waals surface area (Å²) in [6.45, 7) is 4.05. The maximum atomic E-state index is 9.00. The molecule has 15 heavy (non-hydrogen) atoms. The van der Waals surface area contributed by atoms with Crippen LogP contribution in [0.15, 0.2) is 12.1 Å².